The maximum Gasteiger partial charge on any atom is 0.193 e. The van der Waals surface area contributed by atoms with Gasteiger partial charge in [-0.3, -0.25) is 9.89 Å². The number of piperazine rings is 1. The van der Waals surface area contributed by atoms with Crippen LogP contribution < -0.4 is 5.32 Å². The molecule has 6 nitrogen and oxygen atoms in total. The quantitative estimate of drug-likeness (QED) is 0.257. The van der Waals surface area contributed by atoms with Crippen LogP contribution in [0.1, 0.15) is 24.8 Å². The van der Waals surface area contributed by atoms with Gasteiger partial charge in [0.2, 0.25) is 0 Å². The Bertz CT molecular complexity index is 559. The number of benzene rings is 1. The minimum absolute atomic E-state index is 0. The Morgan fingerprint density at radius 2 is 2.00 bits per heavy atom. The summed E-state index contributed by atoms with van der Waals surface area (Å²) in [7, 11) is 1.87. The standard InChI is InChI=1S/C21H34N4O2.HI/c1-22-21(23-10-6-15-26-18-20-9-5-16-27-20)25-13-11-24(12-14-25)17-19-7-3-2-4-8-19;/h2-4,7-8,20H,5-6,9-18H2,1H3,(H,22,23);1H. The number of halogens is 1. The van der Waals surface area contributed by atoms with Crippen molar-refractivity contribution in [1.82, 2.24) is 15.1 Å². The van der Waals surface area contributed by atoms with Gasteiger partial charge in [0.25, 0.3) is 0 Å². The van der Waals surface area contributed by atoms with E-state index >= 15 is 0 Å². The first kappa shape index (κ1) is 23.4. The number of hydrogen-bond acceptors (Lipinski definition) is 4. The molecule has 1 unspecified atom stereocenters. The molecule has 0 amide bonds. The van der Waals surface area contributed by atoms with Gasteiger partial charge >= 0.3 is 0 Å². The Labute approximate surface area is 186 Å². The second kappa shape index (κ2) is 13.3. The molecule has 2 heterocycles. The van der Waals surface area contributed by atoms with Gasteiger partial charge in [0.15, 0.2) is 5.96 Å². The minimum Gasteiger partial charge on any atom is -0.379 e. The lowest BCUT2D eigenvalue weighted by molar-refractivity contribution is 0.0168. The summed E-state index contributed by atoms with van der Waals surface area (Å²) >= 11 is 0. The Morgan fingerprint density at radius 3 is 2.68 bits per heavy atom. The molecular formula is C21H35IN4O2. The molecule has 1 aromatic rings. The first-order valence-corrected chi connectivity index (χ1v) is 10.3. The van der Waals surface area contributed by atoms with Crippen molar-refractivity contribution in [3.63, 3.8) is 0 Å². The van der Waals surface area contributed by atoms with Crippen LogP contribution in [0.5, 0.6) is 0 Å². The van der Waals surface area contributed by atoms with E-state index in [0.29, 0.717) is 6.10 Å². The van der Waals surface area contributed by atoms with Gasteiger partial charge in [-0.1, -0.05) is 30.3 Å². The van der Waals surface area contributed by atoms with Crippen molar-refractivity contribution in [3.05, 3.63) is 35.9 Å². The monoisotopic (exact) mass is 502 g/mol. The summed E-state index contributed by atoms with van der Waals surface area (Å²) in [4.78, 5) is 9.32. The second-order valence-electron chi connectivity index (χ2n) is 7.29. The van der Waals surface area contributed by atoms with E-state index in [4.69, 9.17) is 9.47 Å². The highest BCUT2D eigenvalue weighted by Gasteiger charge is 2.19. The van der Waals surface area contributed by atoms with Crippen molar-refractivity contribution in [3.8, 4) is 0 Å². The van der Waals surface area contributed by atoms with Crippen LogP contribution in [0.15, 0.2) is 35.3 Å². The van der Waals surface area contributed by atoms with E-state index in [-0.39, 0.29) is 24.0 Å². The van der Waals surface area contributed by atoms with E-state index in [1.165, 1.54) is 12.0 Å². The molecule has 2 fully saturated rings. The summed E-state index contributed by atoms with van der Waals surface area (Å²) in [5.74, 6) is 1.01. The van der Waals surface area contributed by atoms with Gasteiger partial charge in [0, 0.05) is 59.5 Å². The Hall–Kier alpha value is -0.900. The van der Waals surface area contributed by atoms with Crippen molar-refractivity contribution in [2.75, 3.05) is 59.6 Å². The van der Waals surface area contributed by atoms with Crippen LogP contribution in [0.3, 0.4) is 0 Å². The van der Waals surface area contributed by atoms with Crippen LogP contribution in [0.4, 0.5) is 0 Å². The number of aliphatic imine (C=N–C) groups is 1. The smallest absolute Gasteiger partial charge is 0.193 e. The van der Waals surface area contributed by atoms with Crippen molar-refractivity contribution >= 4 is 29.9 Å². The lowest BCUT2D eigenvalue weighted by atomic mass is 10.2. The second-order valence-corrected chi connectivity index (χ2v) is 7.29. The van der Waals surface area contributed by atoms with Crippen molar-refractivity contribution < 1.29 is 9.47 Å². The molecule has 7 heteroatoms. The zero-order valence-corrected chi connectivity index (χ0v) is 19.3. The predicted molar refractivity (Wildman–Crippen MR) is 124 cm³/mol. The lowest BCUT2D eigenvalue weighted by Crippen LogP contribution is -2.52. The maximum atomic E-state index is 5.72. The molecule has 28 heavy (non-hydrogen) atoms. The van der Waals surface area contributed by atoms with E-state index in [1.807, 2.05) is 7.05 Å². The molecule has 0 bridgehead atoms. The van der Waals surface area contributed by atoms with Crippen molar-refractivity contribution in [2.24, 2.45) is 4.99 Å². The fourth-order valence-corrected chi connectivity index (χ4v) is 3.66. The molecule has 0 spiro atoms. The zero-order valence-electron chi connectivity index (χ0n) is 17.0. The van der Waals surface area contributed by atoms with Gasteiger partial charge < -0.3 is 19.7 Å². The van der Waals surface area contributed by atoms with Gasteiger partial charge in [-0.05, 0) is 24.8 Å². The van der Waals surface area contributed by atoms with E-state index in [2.05, 4.69) is 50.4 Å². The number of guanidine groups is 1. The largest absolute Gasteiger partial charge is 0.379 e. The number of rotatable bonds is 8. The SMILES string of the molecule is CN=C(NCCCOCC1CCCO1)N1CCN(Cc2ccccc2)CC1.I. The third-order valence-corrected chi connectivity index (χ3v) is 5.21. The zero-order chi connectivity index (χ0) is 18.7. The highest BCUT2D eigenvalue weighted by atomic mass is 127. The Morgan fingerprint density at radius 1 is 1.21 bits per heavy atom. The molecule has 2 aliphatic heterocycles. The van der Waals surface area contributed by atoms with E-state index in [0.717, 1.165) is 77.9 Å². The third-order valence-electron chi connectivity index (χ3n) is 5.21. The highest BCUT2D eigenvalue weighted by molar-refractivity contribution is 14.0. The number of ether oxygens (including phenoxy) is 2. The van der Waals surface area contributed by atoms with Crippen LogP contribution >= 0.6 is 24.0 Å². The van der Waals surface area contributed by atoms with E-state index < -0.39 is 0 Å². The number of nitrogens with zero attached hydrogens (tertiary/aromatic N) is 3. The molecule has 1 aromatic carbocycles. The molecule has 1 atom stereocenters. The normalized spacial score (nSPS) is 20.8. The van der Waals surface area contributed by atoms with Crippen LogP contribution in [-0.2, 0) is 16.0 Å². The Kier molecular flexibility index (Phi) is 11.1. The van der Waals surface area contributed by atoms with Gasteiger partial charge in [0.05, 0.1) is 12.7 Å². The lowest BCUT2D eigenvalue weighted by Gasteiger charge is -2.36. The summed E-state index contributed by atoms with van der Waals surface area (Å²) in [6.07, 6.45) is 3.61. The highest BCUT2D eigenvalue weighted by Crippen LogP contribution is 2.12. The molecular weight excluding hydrogens is 467 g/mol. The summed E-state index contributed by atoms with van der Waals surface area (Å²) in [5, 5.41) is 3.48. The molecule has 3 rings (SSSR count). The summed E-state index contributed by atoms with van der Waals surface area (Å²) in [6.45, 7) is 8.49. The van der Waals surface area contributed by atoms with Crippen molar-refractivity contribution in [2.45, 2.75) is 31.9 Å². The van der Waals surface area contributed by atoms with Crippen LogP contribution in [0.25, 0.3) is 0 Å². The van der Waals surface area contributed by atoms with Gasteiger partial charge in [-0.15, -0.1) is 24.0 Å². The predicted octanol–water partition coefficient (Wildman–Crippen LogP) is 2.58. The first-order valence-electron chi connectivity index (χ1n) is 10.3. The molecule has 158 valence electrons. The van der Waals surface area contributed by atoms with Crippen LogP contribution in [-0.4, -0.2) is 81.5 Å². The van der Waals surface area contributed by atoms with Gasteiger partial charge in [0.1, 0.15) is 0 Å². The minimum atomic E-state index is 0. The molecule has 0 saturated carbocycles. The average Bonchev–Trinajstić information content (AvgIpc) is 3.23. The van der Waals surface area contributed by atoms with E-state index in [1.54, 1.807) is 0 Å². The summed E-state index contributed by atoms with van der Waals surface area (Å²) < 4.78 is 11.3. The van der Waals surface area contributed by atoms with Gasteiger partial charge in [-0.25, -0.2) is 0 Å². The molecule has 2 aliphatic rings. The molecule has 0 radical (unpaired) electrons. The average molecular weight is 502 g/mol. The maximum absolute atomic E-state index is 5.72. The molecule has 0 aromatic heterocycles. The summed E-state index contributed by atoms with van der Waals surface area (Å²) in [5.41, 5.74) is 1.39. The fourth-order valence-electron chi connectivity index (χ4n) is 3.66. The number of hydrogen-bond donors (Lipinski definition) is 1. The first-order chi connectivity index (χ1) is 13.3. The molecule has 2 saturated heterocycles. The molecule has 0 aliphatic carbocycles. The van der Waals surface area contributed by atoms with E-state index in [9.17, 15) is 0 Å². The van der Waals surface area contributed by atoms with Crippen molar-refractivity contribution in [1.29, 1.82) is 0 Å². The Balaban J connectivity index is 0.00000280. The number of nitrogens with one attached hydrogen (secondary N) is 1. The summed E-state index contributed by atoms with van der Waals surface area (Å²) in [6, 6.07) is 10.7. The van der Waals surface area contributed by atoms with Crippen LogP contribution in [0, 0.1) is 0 Å². The third kappa shape index (κ3) is 7.85. The van der Waals surface area contributed by atoms with Crippen LogP contribution in [0.2, 0.25) is 0 Å². The molecule has 1 N–H and O–H groups in total. The fraction of sp³-hybridized carbons (Fsp3) is 0.667. The van der Waals surface area contributed by atoms with Gasteiger partial charge in [-0.2, -0.15) is 0 Å². The topological polar surface area (TPSA) is 49.3 Å².